The highest BCUT2D eigenvalue weighted by molar-refractivity contribution is 4.90. The van der Waals surface area contributed by atoms with Gasteiger partial charge in [-0.15, -0.1) is 0 Å². The summed E-state index contributed by atoms with van der Waals surface area (Å²) in [4.78, 5) is 0. The summed E-state index contributed by atoms with van der Waals surface area (Å²) < 4.78 is 0. The molecule has 0 aromatic heterocycles. The van der Waals surface area contributed by atoms with E-state index in [1.807, 2.05) is 6.92 Å². The van der Waals surface area contributed by atoms with Crippen LogP contribution >= 0.6 is 0 Å². The molecule has 1 fully saturated rings. The zero-order valence-corrected chi connectivity index (χ0v) is 10.5. The molecular weight excluding hydrogens is 188 g/mol. The van der Waals surface area contributed by atoms with Gasteiger partial charge >= 0.3 is 0 Å². The summed E-state index contributed by atoms with van der Waals surface area (Å²) in [5.41, 5.74) is 0. The topological polar surface area (TPSA) is 40.5 Å². The molecule has 2 nitrogen and oxygen atoms in total. The third-order valence-corrected chi connectivity index (χ3v) is 4.16. The maximum Gasteiger partial charge on any atom is 0.0626 e. The lowest BCUT2D eigenvalue weighted by molar-refractivity contribution is -0.0813. The molecule has 1 aliphatic carbocycles. The van der Waals surface area contributed by atoms with Crippen LogP contribution in [0, 0.1) is 23.7 Å². The van der Waals surface area contributed by atoms with E-state index in [2.05, 4.69) is 20.8 Å². The molecule has 1 saturated carbocycles. The monoisotopic (exact) mass is 214 g/mol. The first-order valence-corrected chi connectivity index (χ1v) is 6.35. The smallest absolute Gasteiger partial charge is 0.0626 e. The molecule has 0 spiro atoms. The van der Waals surface area contributed by atoms with Crippen molar-refractivity contribution >= 4 is 0 Å². The number of rotatable bonds is 3. The van der Waals surface area contributed by atoms with Crippen LogP contribution < -0.4 is 0 Å². The first-order chi connectivity index (χ1) is 6.99. The first-order valence-electron chi connectivity index (χ1n) is 6.35. The molecule has 1 aliphatic rings. The first kappa shape index (κ1) is 13.0. The van der Waals surface area contributed by atoms with Gasteiger partial charge in [0.1, 0.15) is 0 Å². The summed E-state index contributed by atoms with van der Waals surface area (Å²) in [6.45, 7) is 8.48. The molecule has 0 aromatic carbocycles. The van der Waals surface area contributed by atoms with Gasteiger partial charge in [-0.25, -0.2) is 0 Å². The Balaban J connectivity index is 2.73. The van der Waals surface area contributed by atoms with E-state index in [1.165, 1.54) is 0 Å². The summed E-state index contributed by atoms with van der Waals surface area (Å²) in [6.07, 6.45) is 2.34. The van der Waals surface area contributed by atoms with Gasteiger partial charge in [-0.2, -0.15) is 0 Å². The molecule has 0 saturated heterocycles. The maximum atomic E-state index is 10.3. The minimum absolute atomic E-state index is 0.0798. The number of hydrogen-bond acceptors (Lipinski definition) is 2. The van der Waals surface area contributed by atoms with Crippen LogP contribution in [0.25, 0.3) is 0 Å². The summed E-state index contributed by atoms with van der Waals surface area (Å²) in [5.74, 6) is 1.41. The molecule has 1 rings (SSSR count). The SMILES string of the molecule is CC[C@@H](O)[C@@H]1[C@@H](O)[C@@H](C(C)C)CC[C@H]1C. The second-order valence-corrected chi connectivity index (χ2v) is 5.51. The van der Waals surface area contributed by atoms with Crippen LogP contribution in [-0.4, -0.2) is 22.4 Å². The van der Waals surface area contributed by atoms with E-state index in [9.17, 15) is 10.2 Å². The van der Waals surface area contributed by atoms with Gasteiger partial charge in [0.2, 0.25) is 0 Å². The summed E-state index contributed by atoms with van der Waals surface area (Å²) >= 11 is 0. The normalized spacial score (nSPS) is 39.4. The Hall–Kier alpha value is -0.0800. The fraction of sp³-hybridized carbons (Fsp3) is 1.00. The molecule has 0 heterocycles. The zero-order chi connectivity index (χ0) is 11.6. The van der Waals surface area contributed by atoms with Gasteiger partial charge in [0.05, 0.1) is 12.2 Å². The molecule has 0 aliphatic heterocycles. The maximum absolute atomic E-state index is 10.3. The van der Waals surface area contributed by atoms with Crippen LogP contribution in [0.4, 0.5) is 0 Å². The van der Waals surface area contributed by atoms with Gasteiger partial charge in [-0.1, -0.05) is 27.7 Å². The van der Waals surface area contributed by atoms with Crippen molar-refractivity contribution in [2.45, 2.75) is 59.2 Å². The molecule has 0 amide bonds. The van der Waals surface area contributed by atoms with Crippen LogP contribution in [0.5, 0.6) is 0 Å². The Labute approximate surface area is 93.7 Å². The van der Waals surface area contributed by atoms with E-state index in [-0.39, 0.29) is 18.1 Å². The second kappa shape index (κ2) is 5.31. The van der Waals surface area contributed by atoms with Crippen LogP contribution in [0.2, 0.25) is 0 Å². The molecule has 0 bridgehead atoms. The van der Waals surface area contributed by atoms with Crippen molar-refractivity contribution in [3.05, 3.63) is 0 Å². The number of hydrogen-bond donors (Lipinski definition) is 2. The van der Waals surface area contributed by atoms with Crippen LogP contribution in [0.15, 0.2) is 0 Å². The summed E-state index contributed by atoms with van der Waals surface area (Å²) in [6, 6.07) is 0. The zero-order valence-electron chi connectivity index (χ0n) is 10.5. The predicted molar refractivity (Wildman–Crippen MR) is 62.5 cm³/mol. The van der Waals surface area contributed by atoms with Gasteiger partial charge in [0, 0.05) is 5.92 Å². The van der Waals surface area contributed by atoms with Crippen LogP contribution in [0.1, 0.15) is 47.0 Å². The van der Waals surface area contributed by atoms with Gasteiger partial charge in [-0.05, 0) is 37.0 Å². The lowest BCUT2D eigenvalue weighted by Gasteiger charge is -2.43. The summed E-state index contributed by atoms with van der Waals surface area (Å²) in [7, 11) is 0. The van der Waals surface area contributed by atoms with Gasteiger partial charge < -0.3 is 10.2 Å². The summed E-state index contributed by atoms with van der Waals surface area (Å²) in [5, 5.41) is 20.3. The molecule has 0 unspecified atom stereocenters. The van der Waals surface area contributed by atoms with E-state index in [0.717, 1.165) is 19.3 Å². The fourth-order valence-corrected chi connectivity index (χ4v) is 3.05. The Bertz CT molecular complexity index is 187. The number of aliphatic hydroxyl groups excluding tert-OH is 2. The van der Waals surface area contributed by atoms with Crippen molar-refractivity contribution in [1.29, 1.82) is 0 Å². The number of aliphatic hydroxyl groups is 2. The van der Waals surface area contributed by atoms with Crippen LogP contribution in [0.3, 0.4) is 0 Å². The molecule has 90 valence electrons. The molecule has 2 heteroatoms. The van der Waals surface area contributed by atoms with Crippen LogP contribution in [-0.2, 0) is 0 Å². The lowest BCUT2D eigenvalue weighted by Crippen LogP contribution is -2.45. The van der Waals surface area contributed by atoms with E-state index in [0.29, 0.717) is 17.8 Å². The second-order valence-electron chi connectivity index (χ2n) is 5.51. The molecule has 0 aromatic rings. The van der Waals surface area contributed by atoms with Crippen molar-refractivity contribution < 1.29 is 10.2 Å². The third kappa shape index (κ3) is 2.73. The lowest BCUT2D eigenvalue weighted by atomic mass is 9.67. The fourth-order valence-electron chi connectivity index (χ4n) is 3.05. The van der Waals surface area contributed by atoms with E-state index in [1.54, 1.807) is 0 Å². The van der Waals surface area contributed by atoms with Crippen molar-refractivity contribution in [1.82, 2.24) is 0 Å². The average Bonchev–Trinajstić information content (AvgIpc) is 2.16. The third-order valence-electron chi connectivity index (χ3n) is 4.16. The molecular formula is C13H26O2. The van der Waals surface area contributed by atoms with E-state index in [4.69, 9.17) is 0 Å². The minimum atomic E-state index is -0.337. The Kier molecular flexibility index (Phi) is 4.60. The Morgan fingerprint density at radius 2 is 1.87 bits per heavy atom. The van der Waals surface area contributed by atoms with E-state index < -0.39 is 0 Å². The van der Waals surface area contributed by atoms with Crippen molar-refractivity contribution in [3.8, 4) is 0 Å². The largest absolute Gasteiger partial charge is 0.393 e. The van der Waals surface area contributed by atoms with Gasteiger partial charge in [-0.3, -0.25) is 0 Å². The molecule has 5 atom stereocenters. The Morgan fingerprint density at radius 3 is 2.33 bits per heavy atom. The highest BCUT2D eigenvalue weighted by Gasteiger charge is 2.40. The average molecular weight is 214 g/mol. The Morgan fingerprint density at radius 1 is 1.27 bits per heavy atom. The highest BCUT2D eigenvalue weighted by atomic mass is 16.3. The van der Waals surface area contributed by atoms with Crippen molar-refractivity contribution in [2.75, 3.05) is 0 Å². The van der Waals surface area contributed by atoms with Gasteiger partial charge in [0.15, 0.2) is 0 Å². The standard InChI is InChI=1S/C13H26O2/c1-5-11(14)12-9(4)6-7-10(8(2)3)13(12)15/h8-15H,5-7H2,1-4H3/t9-,10-,11-,12-,13+/m1/s1. The molecule has 0 radical (unpaired) electrons. The highest BCUT2D eigenvalue weighted by Crippen LogP contribution is 2.39. The van der Waals surface area contributed by atoms with Crippen molar-refractivity contribution in [3.63, 3.8) is 0 Å². The van der Waals surface area contributed by atoms with Crippen molar-refractivity contribution in [2.24, 2.45) is 23.7 Å². The van der Waals surface area contributed by atoms with E-state index >= 15 is 0 Å². The minimum Gasteiger partial charge on any atom is -0.393 e. The quantitative estimate of drug-likeness (QED) is 0.757. The predicted octanol–water partition coefficient (Wildman–Crippen LogP) is 2.44. The molecule has 15 heavy (non-hydrogen) atoms. The van der Waals surface area contributed by atoms with Gasteiger partial charge in [0.25, 0.3) is 0 Å². The molecule has 2 N–H and O–H groups in total.